The van der Waals surface area contributed by atoms with Gasteiger partial charge in [0.15, 0.2) is 0 Å². The van der Waals surface area contributed by atoms with Crippen molar-refractivity contribution in [3.8, 4) is 0 Å². The molecule has 0 bridgehead atoms. The minimum atomic E-state index is 0.441. The van der Waals surface area contributed by atoms with E-state index in [4.69, 9.17) is 5.73 Å². The van der Waals surface area contributed by atoms with Crippen LogP contribution in [-0.2, 0) is 0 Å². The first kappa shape index (κ1) is 13.4. The van der Waals surface area contributed by atoms with Crippen molar-refractivity contribution < 1.29 is 0 Å². The predicted octanol–water partition coefficient (Wildman–Crippen LogP) is 2.73. The highest BCUT2D eigenvalue weighted by Crippen LogP contribution is 2.39. The lowest BCUT2D eigenvalue weighted by Gasteiger charge is -2.41. The zero-order chi connectivity index (χ0) is 12.5. The third-order valence-electron chi connectivity index (χ3n) is 5.39. The van der Waals surface area contributed by atoms with Gasteiger partial charge in [-0.05, 0) is 42.6 Å². The topological polar surface area (TPSA) is 29.3 Å². The smallest absolute Gasteiger partial charge is 0.00503 e. The number of hydrogen-bond acceptors (Lipinski definition) is 2. The standard InChI is InChI=1S/C15H30N2/c1-12-4-6-15(10-16,7-5-12)11-17-8-13(2)14(3)9-17/h12-14H,4-11,16H2,1-3H3. The summed E-state index contributed by atoms with van der Waals surface area (Å²) in [7, 11) is 0. The van der Waals surface area contributed by atoms with E-state index >= 15 is 0 Å². The molecular weight excluding hydrogens is 208 g/mol. The van der Waals surface area contributed by atoms with Gasteiger partial charge in [0.05, 0.1) is 0 Å². The summed E-state index contributed by atoms with van der Waals surface area (Å²) in [6.45, 7) is 11.9. The summed E-state index contributed by atoms with van der Waals surface area (Å²) in [6, 6.07) is 0. The van der Waals surface area contributed by atoms with E-state index in [1.54, 1.807) is 0 Å². The van der Waals surface area contributed by atoms with Crippen LogP contribution in [0.1, 0.15) is 46.5 Å². The molecule has 0 aromatic heterocycles. The molecule has 2 rings (SSSR count). The number of likely N-dealkylation sites (tertiary alicyclic amines) is 1. The quantitative estimate of drug-likeness (QED) is 0.819. The summed E-state index contributed by atoms with van der Waals surface area (Å²) in [5.41, 5.74) is 6.55. The Bertz CT molecular complexity index is 233. The van der Waals surface area contributed by atoms with E-state index in [1.807, 2.05) is 0 Å². The largest absolute Gasteiger partial charge is 0.330 e. The molecule has 1 aliphatic carbocycles. The maximum Gasteiger partial charge on any atom is 0.00503 e. The van der Waals surface area contributed by atoms with Gasteiger partial charge in [-0.1, -0.05) is 33.6 Å². The van der Waals surface area contributed by atoms with E-state index in [1.165, 1.54) is 45.3 Å². The van der Waals surface area contributed by atoms with Gasteiger partial charge >= 0.3 is 0 Å². The highest BCUT2D eigenvalue weighted by molar-refractivity contribution is 4.91. The van der Waals surface area contributed by atoms with Crippen LogP contribution >= 0.6 is 0 Å². The van der Waals surface area contributed by atoms with Crippen LogP contribution in [0.25, 0.3) is 0 Å². The first-order valence-electron chi connectivity index (χ1n) is 7.47. The molecule has 2 atom stereocenters. The average molecular weight is 238 g/mol. The van der Waals surface area contributed by atoms with Crippen molar-refractivity contribution in [1.29, 1.82) is 0 Å². The van der Waals surface area contributed by atoms with Gasteiger partial charge < -0.3 is 10.6 Å². The van der Waals surface area contributed by atoms with E-state index in [2.05, 4.69) is 25.7 Å². The van der Waals surface area contributed by atoms with E-state index in [9.17, 15) is 0 Å². The van der Waals surface area contributed by atoms with Crippen LogP contribution in [0.4, 0.5) is 0 Å². The second-order valence-electron chi connectivity index (χ2n) is 7.04. The van der Waals surface area contributed by atoms with Crippen LogP contribution in [0, 0.1) is 23.2 Å². The minimum absolute atomic E-state index is 0.441. The van der Waals surface area contributed by atoms with Crippen LogP contribution in [0.5, 0.6) is 0 Å². The van der Waals surface area contributed by atoms with Crippen molar-refractivity contribution in [2.45, 2.75) is 46.5 Å². The zero-order valence-corrected chi connectivity index (χ0v) is 11.9. The predicted molar refractivity (Wildman–Crippen MR) is 73.9 cm³/mol. The summed E-state index contributed by atoms with van der Waals surface area (Å²) < 4.78 is 0. The van der Waals surface area contributed by atoms with E-state index in [-0.39, 0.29) is 0 Å². The molecule has 0 radical (unpaired) electrons. The number of nitrogens with two attached hydrogens (primary N) is 1. The van der Waals surface area contributed by atoms with Crippen LogP contribution in [-0.4, -0.2) is 31.1 Å². The van der Waals surface area contributed by atoms with Gasteiger partial charge in [0.25, 0.3) is 0 Å². The molecule has 1 heterocycles. The molecular formula is C15H30N2. The minimum Gasteiger partial charge on any atom is -0.330 e. The van der Waals surface area contributed by atoms with Crippen molar-refractivity contribution in [1.82, 2.24) is 4.90 Å². The van der Waals surface area contributed by atoms with Crippen molar-refractivity contribution >= 4 is 0 Å². The van der Waals surface area contributed by atoms with Gasteiger partial charge in [-0.15, -0.1) is 0 Å². The van der Waals surface area contributed by atoms with Crippen LogP contribution in [0.3, 0.4) is 0 Å². The fraction of sp³-hybridized carbons (Fsp3) is 1.00. The second kappa shape index (κ2) is 5.27. The lowest BCUT2D eigenvalue weighted by molar-refractivity contribution is 0.105. The van der Waals surface area contributed by atoms with Gasteiger partial charge in [-0.3, -0.25) is 0 Å². The fourth-order valence-corrected chi connectivity index (χ4v) is 3.65. The monoisotopic (exact) mass is 238 g/mol. The lowest BCUT2D eigenvalue weighted by atomic mass is 9.70. The zero-order valence-electron chi connectivity index (χ0n) is 11.9. The molecule has 100 valence electrons. The number of hydrogen-bond donors (Lipinski definition) is 1. The fourth-order valence-electron chi connectivity index (χ4n) is 3.65. The van der Waals surface area contributed by atoms with Crippen LogP contribution in [0.2, 0.25) is 0 Å². The molecule has 2 aliphatic rings. The Kier molecular flexibility index (Phi) is 4.14. The molecule has 1 saturated heterocycles. The third kappa shape index (κ3) is 3.03. The normalized spacial score (nSPS) is 44.1. The Balaban J connectivity index is 1.91. The number of rotatable bonds is 3. The first-order chi connectivity index (χ1) is 8.04. The van der Waals surface area contributed by atoms with E-state index in [0.717, 1.165) is 24.3 Å². The summed E-state index contributed by atoms with van der Waals surface area (Å²) in [5.74, 6) is 2.66. The van der Waals surface area contributed by atoms with Gasteiger partial charge in [-0.25, -0.2) is 0 Å². The molecule has 2 N–H and O–H groups in total. The molecule has 2 fully saturated rings. The second-order valence-corrected chi connectivity index (χ2v) is 7.04. The lowest BCUT2D eigenvalue weighted by Crippen LogP contribution is -2.44. The molecule has 2 heteroatoms. The van der Waals surface area contributed by atoms with Crippen LogP contribution < -0.4 is 5.73 Å². The highest BCUT2D eigenvalue weighted by atomic mass is 15.2. The molecule has 0 amide bonds. The molecule has 1 aliphatic heterocycles. The Morgan fingerprint density at radius 1 is 1.06 bits per heavy atom. The van der Waals surface area contributed by atoms with Crippen molar-refractivity contribution in [2.24, 2.45) is 28.9 Å². The van der Waals surface area contributed by atoms with Crippen molar-refractivity contribution in [3.63, 3.8) is 0 Å². The summed E-state index contributed by atoms with van der Waals surface area (Å²) in [5, 5.41) is 0. The van der Waals surface area contributed by atoms with Crippen LogP contribution in [0.15, 0.2) is 0 Å². The van der Waals surface area contributed by atoms with E-state index in [0.29, 0.717) is 5.41 Å². The summed E-state index contributed by atoms with van der Waals surface area (Å²) in [4.78, 5) is 2.68. The van der Waals surface area contributed by atoms with Gasteiger partial charge in [0.2, 0.25) is 0 Å². The molecule has 2 unspecified atom stereocenters. The van der Waals surface area contributed by atoms with Gasteiger partial charge in [0, 0.05) is 19.6 Å². The average Bonchev–Trinajstić information content (AvgIpc) is 2.62. The highest BCUT2D eigenvalue weighted by Gasteiger charge is 2.37. The first-order valence-corrected chi connectivity index (χ1v) is 7.47. The third-order valence-corrected chi connectivity index (χ3v) is 5.39. The summed E-state index contributed by atoms with van der Waals surface area (Å²) in [6.07, 6.45) is 5.47. The molecule has 2 nitrogen and oxygen atoms in total. The molecule has 1 saturated carbocycles. The van der Waals surface area contributed by atoms with Gasteiger partial charge in [0.1, 0.15) is 0 Å². The Morgan fingerprint density at radius 2 is 1.59 bits per heavy atom. The Labute approximate surface area is 107 Å². The van der Waals surface area contributed by atoms with Crippen molar-refractivity contribution in [2.75, 3.05) is 26.2 Å². The van der Waals surface area contributed by atoms with E-state index < -0.39 is 0 Å². The maximum absolute atomic E-state index is 6.10. The maximum atomic E-state index is 6.10. The van der Waals surface area contributed by atoms with Crippen molar-refractivity contribution in [3.05, 3.63) is 0 Å². The summed E-state index contributed by atoms with van der Waals surface area (Å²) >= 11 is 0. The number of nitrogens with zero attached hydrogens (tertiary/aromatic N) is 1. The molecule has 17 heavy (non-hydrogen) atoms. The molecule has 0 aromatic rings. The SMILES string of the molecule is CC1CCC(CN)(CN2CC(C)C(C)C2)CC1. The Morgan fingerprint density at radius 3 is 2.06 bits per heavy atom. The Hall–Kier alpha value is -0.0800. The van der Waals surface area contributed by atoms with Gasteiger partial charge in [-0.2, -0.15) is 0 Å². The molecule has 0 spiro atoms. The molecule has 0 aromatic carbocycles.